The smallest absolute Gasteiger partial charge is 0.302 e. The van der Waals surface area contributed by atoms with E-state index in [9.17, 15) is 14.7 Å². The topological polar surface area (TPSA) is 85.4 Å². The van der Waals surface area contributed by atoms with Gasteiger partial charge >= 0.3 is 11.9 Å². The number of rotatable bonds is 4. The van der Waals surface area contributed by atoms with Gasteiger partial charge in [-0.3, -0.25) is 9.59 Å². The number of hydrogen-bond acceptors (Lipinski definition) is 6. The third kappa shape index (κ3) is 2.97. The minimum Gasteiger partial charge on any atom is -0.465 e. The molecule has 30 heavy (non-hydrogen) atoms. The van der Waals surface area contributed by atoms with E-state index in [1.807, 2.05) is 0 Å². The summed E-state index contributed by atoms with van der Waals surface area (Å²) in [6.45, 7) is 8.65. The fraction of sp³-hybridized carbons (Fsp3) is 0.833. The Bertz CT molecular complexity index is 802. The second kappa shape index (κ2) is 6.55. The molecule has 1 aliphatic heterocycles. The van der Waals surface area contributed by atoms with Crippen LogP contribution in [0.4, 0.5) is 0 Å². The number of aliphatic hydroxyl groups excluding tert-OH is 1. The molecule has 0 spiro atoms. The van der Waals surface area contributed by atoms with Gasteiger partial charge in [0.2, 0.25) is 0 Å². The molecular formula is C24H34O6. The van der Waals surface area contributed by atoms with Gasteiger partial charge in [-0.05, 0) is 43.4 Å². The summed E-state index contributed by atoms with van der Waals surface area (Å²) in [7, 11) is 0. The Balaban J connectivity index is 1.51. The largest absolute Gasteiger partial charge is 0.465 e. The van der Waals surface area contributed by atoms with Crippen molar-refractivity contribution in [1.82, 2.24) is 0 Å². The lowest BCUT2D eigenvalue weighted by Gasteiger charge is -2.58. The maximum absolute atomic E-state index is 11.8. The fourth-order valence-corrected chi connectivity index (χ4v) is 7.55. The molecule has 6 heteroatoms. The van der Waals surface area contributed by atoms with Crippen molar-refractivity contribution < 1.29 is 28.9 Å². The molecule has 0 amide bonds. The Morgan fingerprint density at radius 3 is 2.57 bits per heavy atom. The fourth-order valence-electron chi connectivity index (χ4n) is 7.55. The number of epoxide rings is 1. The number of fused-ring (bicyclic) bond motifs is 5. The zero-order chi connectivity index (χ0) is 21.5. The van der Waals surface area contributed by atoms with E-state index in [-0.39, 0.29) is 52.0 Å². The summed E-state index contributed by atoms with van der Waals surface area (Å²) in [5.41, 5.74) is 1.04. The Morgan fingerprint density at radius 1 is 1.20 bits per heavy atom. The molecule has 9 atom stereocenters. The van der Waals surface area contributed by atoms with Crippen LogP contribution in [0.2, 0.25) is 0 Å². The van der Waals surface area contributed by atoms with Crippen molar-refractivity contribution >= 4 is 11.9 Å². The molecule has 0 aromatic carbocycles. The second-order valence-corrected chi connectivity index (χ2v) is 11.1. The summed E-state index contributed by atoms with van der Waals surface area (Å²) in [6.07, 6.45) is 6.39. The van der Waals surface area contributed by atoms with Gasteiger partial charge in [0.1, 0.15) is 6.10 Å². The Hall–Kier alpha value is -1.40. The van der Waals surface area contributed by atoms with Gasteiger partial charge in [0, 0.05) is 36.5 Å². The predicted octanol–water partition coefficient (Wildman–Crippen LogP) is 3.02. The number of carbonyl (C=O) groups is 2. The zero-order valence-electron chi connectivity index (χ0n) is 18.5. The highest BCUT2D eigenvalue weighted by Gasteiger charge is 2.73. The highest BCUT2D eigenvalue weighted by molar-refractivity contribution is 5.66. The third-order valence-electron chi connectivity index (χ3n) is 9.16. The van der Waals surface area contributed by atoms with Gasteiger partial charge in [-0.15, -0.1) is 0 Å². The van der Waals surface area contributed by atoms with Crippen LogP contribution in [0.1, 0.15) is 59.8 Å². The van der Waals surface area contributed by atoms with Crippen LogP contribution in [0.15, 0.2) is 11.6 Å². The first-order chi connectivity index (χ1) is 14.1. The average molecular weight is 419 g/mol. The van der Waals surface area contributed by atoms with Crippen LogP contribution in [-0.2, 0) is 23.8 Å². The number of ether oxygens (including phenoxy) is 3. The molecule has 5 rings (SSSR count). The molecule has 0 radical (unpaired) electrons. The number of allylic oxidation sites excluding steroid dienone is 1. The van der Waals surface area contributed by atoms with Gasteiger partial charge < -0.3 is 19.3 Å². The molecule has 1 saturated heterocycles. The first-order valence-corrected chi connectivity index (χ1v) is 11.4. The lowest BCUT2D eigenvalue weighted by molar-refractivity contribution is -0.163. The molecule has 0 aromatic heterocycles. The van der Waals surface area contributed by atoms with Gasteiger partial charge in [-0.25, -0.2) is 0 Å². The summed E-state index contributed by atoms with van der Waals surface area (Å²) in [4.78, 5) is 23.4. The van der Waals surface area contributed by atoms with Gasteiger partial charge in [0.15, 0.2) is 0 Å². The SMILES string of the molecule is CC(=O)OC[C@]12C[C@H]1[C@H](OC(C)=O)C[C@@]1(C)C3=CC[C@](C)([C@H]4CO4)C[C@H]3[C@H](O)C[C@H]21. The van der Waals surface area contributed by atoms with Crippen LogP contribution in [-0.4, -0.2) is 48.6 Å². The van der Waals surface area contributed by atoms with Crippen LogP contribution in [0.3, 0.4) is 0 Å². The van der Waals surface area contributed by atoms with E-state index in [1.54, 1.807) is 0 Å². The lowest BCUT2D eigenvalue weighted by atomic mass is 9.48. The van der Waals surface area contributed by atoms with Crippen molar-refractivity contribution in [2.45, 2.75) is 78.1 Å². The van der Waals surface area contributed by atoms with Crippen molar-refractivity contribution in [2.75, 3.05) is 13.2 Å². The van der Waals surface area contributed by atoms with E-state index in [0.29, 0.717) is 19.1 Å². The van der Waals surface area contributed by atoms with Crippen LogP contribution < -0.4 is 0 Å². The highest BCUT2D eigenvalue weighted by Crippen LogP contribution is 2.74. The zero-order valence-corrected chi connectivity index (χ0v) is 18.5. The Kier molecular flexibility index (Phi) is 4.48. The molecule has 4 fully saturated rings. The molecule has 0 aromatic rings. The third-order valence-corrected chi connectivity index (χ3v) is 9.16. The molecule has 6 nitrogen and oxygen atoms in total. The highest BCUT2D eigenvalue weighted by atomic mass is 16.6. The molecule has 0 unspecified atom stereocenters. The van der Waals surface area contributed by atoms with Crippen molar-refractivity contribution in [3.63, 3.8) is 0 Å². The number of esters is 2. The van der Waals surface area contributed by atoms with Gasteiger partial charge in [0.05, 0.1) is 25.4 Å². The lowest BCUT2D eigenvalue weighted by Crippen LogP contribution is -2.56. The van der Waals surface area contributed by atoms with Crippen molar-refractivity contribution in [2.24, 2.45) is 34.0 Å². The second-order valence-electron chi connectivity index (χ2n) is 11.1. The van der Waals surface area contributed by atoms with Crippen molar-refractivity contribution in [3.8, 4) is 0 Å². The monoisotopic (exact) mass is 418 g/mol. The molecular weight excluding hydrogens is 384 g/mol. The van der Waals surface area contributed by atoms with Gasteiger partial charge in [-0.1, -0.05) is 25.5 Å². The van der Waals surface area contributed by atoms with Gasteiger partial charge in [-0.2, -0.15) is 0 Å². The van der Waals surface area contributed by atoms with Crippen LogP contribution >= 0.6 is 0 Å². The minimum atomic E-state index is -0.395. The van der Waals surface area contributed by atoms with Crippen LogP contribution in [0.25, 0.3) is 0 Å². The molecule has 1 heterocycles. The van der Waals surface area contributed by atoms with E-state index in [0.717, 1.165) is 32.3 Å². The summed E-state index contributed by atoms with van der Waals surface area (Å²) in [6, 6.07) is 0. The van der Waals surface area contributed by atoms with E-state index in [2.05, 4.69) is 19.9 Å². The number of hydrogen-bond donors (Lipinski definition) is 1. The maximum atomic E-state index is 11.8. The van der Waals surface area contributed by atoms with Gasteiger partial charge in [0.25, 0.3) is 0 Å². The molecule has 5 aliphatic rings. The molecule has 1 N–H and O–H groups in total. The molecule has 3 saturated carbocycles. The Labute approximate surface area is 178 Å². The predicted molar refractivity (Wildman–Crippen MR) is 108 cm³/mol. The number of carbonyl (C=O) groups excluding carboxylic acids is 2. The van der Waals surface area contributed by atoms with E-state index in [4.69, 9.17) is 14.2 Å². The van der Waals surface area contributed by atoms with Crippen molar-refractivity contribution in [3.05, 3.63) is 11.6 Å². The quantitative estimate of drug-likeness (QED) is 0.429. The van der Waals surface area contributed by atoms with Crippen molar-refractivity contribution in [1.29, 1.82) is 0 Å². The van der Waals surface area contributed by atoms with Crippen LogP contribution in [0.5, 0.6) is 0 Å². The summed E-state index contributed by atoms with van der Waals surface area (Å²) >= 11 is 0. The van der Waals surface area contributed by atoms with Crippen LogP contribution in [0, 0.1) is 34.0 Å². The first kappa shape index (κ1) is 20.5. The average Bonchev–Trinajstić information content (AvgIpc) is 3.55. The molecule has 4 aliphatic carbocycles. The summed E-state index contributed by atoms with van der Waals surface area (Å²) in [5, 5.41) is 11.3. The Morgan fingerprint density at radius 2 is 1.93 bits per heavy atom. The first-order valence-electron chi connectivity index (χ1n) is 11.4. The summed E-state index contributed by atoms with van der Waals surface area (Å²) in [5.74, 6) is 0.0156. The molecule has 166 valence electrons. The van der Waals surface area contributed by atoms with E-state index >= 15 is 0 Å². The van der Waals surface area contributed by atoms with E-state index < -0.39 is 6.10 Å². The summed E-state index contributed by atoms with van der Waals surface area (Å²) < 4.78 is 17.0. The van der Waals surface area contributed by atoms with E-state index in [1.165, 1.54) is 19.4 Å². The normalized spacial score (nSPS) is 50.9. The maximum Gasteiger partial charge on any atom is 0.302 e. The standard InChI is InChI=1S/C24H34O6/c1-13(25)29-12-24-9-17(24)19(30-14(2)26)10-23(4)16-5-6-22(3,21-11-28-21)8-15(16)18(27)7-20(23)24/h5,15,17-21,27H,6-12H2,1-4H3/t15-,17+,18-,19-,20+,21-,22+,23+,24-/m1/s1. The minimum absolute atomic E-state index is 0.0832. The molecule has 0 bridgehead atoms. The number of aliphatic hydroxyl groups is 1.